The fourth-order valence-electron chi connectivity index (χ4n) is 1.38. The monoisotopic (exact) mass is 294 g/mol. The molecular weight excluding hydrogens is 284 g/mol. The topological polar surface area (TPSA) is 107 Å². The molecule has 1 heterocycles. The van der Waals surface area contributed by atoms with Crippen LogP contribution < -0.4 is 0 Å². The number of tetrazole rings is 1. The lowest BCUT2D eigenvalue weighted by Crippen LogP contribution is -2.06. The second kappa shape index (κ2) is 6.15. The minimum atomic E-state index is -1.04. The van der Waals surface area contributed by atoms with Crippen molar-refractivity contribution in [2.24, 2.45) is 0 Å². The van der Waals surface area contributed by atoms with Gasteiger partial charge >= 0.3 is 11.9 Å². The quantitative estimate of drug-likeness (QED) is 0.632. The predicted molar refractivity (Wildman–Crippen MR) is 68.9 cm³/mol. The van der Waals surface area contributed by atoms with Crippen molar-refractivity contribution < 1.29 is 19.4 Å². The lowest BCUT2D eigenvalue weighted by atomic mass is 10.2. The molecule has 2 rings (SSSR count). The van der Waals surface area contributed by atoms with Crippen molar-refractivity contribution in [1.29, 1.82) is 0 Å². The molecular formula is C11H10N4O4S. The van der Waals surface area contributed by atoms with Crippen LogP contribution in [0.4, 0.5) is 0 Å². The number of esters is 1. The van der Waals surface area contributed by atoms with Crippen molar-refractivity contribution in [2.75, 3.05) is 12.9 Å². The molecule has 0 atom stereocenters. The Balaban J connectivity index is 2.25. The Morgan fingerprint density at radius 3 is 2.95 bits per heavy atom. The molecule has 0 saturated carbocycles. The lowest BCUT2D eigenvalue weighted by Gasteiger charge is -2.04. The highest BCUT2D eigenvalue weighted by Crippen LogP contribution is 2.18. The zero-order valence-electron chi connectivity index (χ0n) is 10.4. The molecule has 0 fully saturated rings. The number of hydrogen-bond acceptors (Lipinski definition) is 7. The maximum absolute atomic E-state index is 11.1. The Hall–Kier alpha value is -2.42. The maximum Gasteiger partial charge on any atom is 0.335 e. The van der Waals surface area contributed by atoms with Gasteiger partial charge in [0.05, 0.1) is 24.1 Å². The summed E-state index contributed by atoms with van der Waals surface area (Å²) in [6.45, 7) is 0. The van der Waals surface area contributed by atoms with Crippen LogP contribution in [0.1, 0.15) is 10.4 Å². The van der Waals surface area contributed by atoms with Crippen LogP contribution in [0.15, 0.2) is 29.4 Å². The van der Waals surface area contributed by atoms with Crippen LogP contribution in [0.2, 0.25) is 0 Å². The zero-order chi connectivity index (χ0) is 14.5. The molecule has 0 amide bonds. The first-order valence-electron chi connectivity index (χ1n) is 5.43. The van der Waals surface area contributed by atoms with E-state index in [1.54, 1.807) is 12.1 Å². The third-order valence-electron chi connectivity index (χ3n) is 2.33. The second-order valence-corrected chi connectivity index (χ2v) is 4.54. The van der Waals surface area contributed by atoms with E-state index in [9.17, 15) is 9.59 Å². The smallest absolute Gasteiger partial charge is 0.335 e. The van der Waals surface area contributed by atoms with Gasteiger partial charge in [-0.15, -0.1) is 5.10 Å². The van der Waals surface area contributed by atoms with Crippen LogP contribution in [-0.4, -0.2) is 50.1 Å². The van der Waals surface area contributed by atoms with E-state index in [4.69, 9.17) is 5.11 Å². The van der Waals surface area contributed by atoms with Crippen molar-refractivity contribution in [3.63, 3.8) is 0 Å². The van der Waals surface area contributed by atoms with Crippen LogP contribution >= 0.6 is 11.8 Å². The molecule has 1 N–H and O–H groups in total. The van der Waals surface area contributed by atoms with Gasteiger partial charge in [0.25, 0.3) is 0 Å². The number of benzene rings is 1. The molecule has 0 aliphatic heterocycles. The van der Waals surface area contributed by atoms with Gasteiger partial charge in [0.2, 0.25) is 5.16 Å². The van der Waals surface area contributed by atoms with E-state index in [0.29, 0.717) is 10.8 Å². The van der Waals surface area contributed by atoms with Gasteiger partial charge in [0, 0.05) is 0 Å². The van der Waals surface area contributed by atoms with Gasteiger partial charge in [-0.1, -0.05) is 17.8 Å². The second-order valence-electron chi connectivity index (χ2n) is 3.59. The number of rotatable bonds is 5. The number of nitrogens with zero attached hydrogens (tertiary/aromatic N) is 4. The van der Waals surface area contributed by atoms with Gasteiger partial charge in [0.1, 0.15) is 0 Å². The summed E-state index contributed by atoms with van der Waals surface area (Å²) >= 11 is 1.10. The first-order chi connectivity index (χ1) is 9.61. The van der Waals surface area contributed by atoms with Gasteiger partial charge in [0.15, 0.2) is 0 Å². The summed E-state index contributed by atoms with van der Waals surface area (Å²) in [4.78, 5) is 22.0. The Bertz CT molecular complexity index is 643. The number of aromatic nitrogens is 4. The van der Waals surface area contributed by atoms with E-state index in [-0.39, 0.29) is 11.3 Å². The summed E-state index contributed by atoms with van der Waals surface area (Å²) in [5, 5.41) is 20.4. The molecule has 0 aliphatic carbocycles. The first kappa shape index (κ1) is 14.0. The molecule has 104 valence electrons. The van der Waals surface area contributed by atoms with Gasteiger partial charge in [-0.3, -0.25) is 4.79 Å². The van der Waals surface area contributed by atoms with Crippen molar-refractivity contribution >= 4 is 23.7 Å². The maximum atomic E-state index is 11.1. The molecule has 0 bridgehead atoms. The first-order valence-corrected chi connectivity index (χ1v) is 6.42. The molecule has 0 spiro atoms. The Morgan fingerprint density at radius 1 is 1.45 bits per heavy atom. The molecule has 9 heteroatoms. The summed E-state index contributed by atoms with van der Waals surface area (Å²) < 4.78 is 5.89. The van der Waals surface area contributed by atoms with Crippen molar-refractivity contribution in [2.45, 2.75) is 5.16 Å². The number of carbonyl (C=O) groups excluding carboxylic acids is 1. The number of aromatic carboxylic acids is 1. The number of carboxylic acids is 1. The molecule has 2 aromatic rings. The number of hydrogen-bond donors (Lipinski definition) is 1. The highest BCUT2D eigenvalue weighted by atomic mass is 32.2. The van der Waals surface area contributed by atoms with E-state index in [1.807, 2.05) is 0 Å². The Morgan fingerprint density at radius 2 is 2.25 bits per heavy atom. The van der Waals surface area contributed by atoms with E-state index < -0.39 is 11.9 Å². The minimum absolute atomic E-state index is 0.0650. The summed E-state index contributed by atoms with van der Waals surface area (Å²) in [6, 6.07) is 6.18. The van der Waals surface area contributed by atoms with Gasteiger partial charge < -0.3 is 9.84 Å². The van der Waals surface area contributed by atoms with Gasteiger partial charge in [-0.05, 0) is 28.6 Å². The third-order valence-corrected chi connectivity index (χ3v) is 3.22. The number of thioether (sulfide) groups is 1. The highest BCUT2D eigenvalue weighted by molar-refractivity contribution is 7.99. The van der Waals surface area contributed by atoms with Crippen LogP contribution in [-0.2, 0) is 9.53 Å². The standard InChI is InChI=1S/C11H10N4O4S/c1-19-9(16)6-20-11-12-13-14-15(11)8-4-2-3-7(5-8)10(17)18/h2-5H,6H2,1H3,(H,17,18). The molecule has 8 nitrogen and oxygen atoms in total. The number of carboxylic acid groups (broad SMARTS) is 1. The van der Waals surface area contributed by atoms with Crippen molar-refractivity contribution in [3.8, 4) is 5.69 Å². The molecule has 0 unspecified atom stereocenters. The summed E-state index contributed by atoms with van der Waals surface area (Å²) in [6.07, 6.45) is 0. The minimum Gasteiger partial charge on any atom is -0.478 e. The normalized spacial score (nSPS) is 10.2. The molecule has 1 aromatic heterocycles. The predicted octanol–water partition coefficient (Wildman–Crippen LogP) is 0.626. The van der Waals surface area contributed by atoms with Crippen LogP contribution in [0.25, 0.3) is 5.69 Å². The SMILES string of the molecule is COC(=O)CSc1nnnn1-c1cccc(C(=O)O)c1. The fourth-order valence-corrected chi connectivity index (χ4v) is 2.11. The third kappa shape index (κ3) is 3.12. The summed E-state index contributed by atoms with van der Waals surface area (Å²) in [7, 11) is 1.29. The van der Waals surface area contributed by atoms with E-state index >= 15 is 0 Å². The van der Waals surface area contributed by atoms with Gasteiger partial charge in [-0.2, -0.15) is 4.68 Å². The van der Waals surface area contributed by atoms with E-state index in [2.05, 4.69) is 20.3 Å². The zero-order valence-corrected chi connectivity index (χ0v) is 11.2. The molecule has 0 saturated heterocycles. The van der Waals surface area contributed by atoms with Crippen LogP contribution in [0.5, 0.6) is 0 Å². The Labute approximate surface area is 117 Å². The van der Waals surface area contributed by atoms with E-state index in [0.717, 1.165) is 11.8 Å². The average Bonchev–Trinajstić information content (AvgIpc) is 2.93. The number of ether oxygens (including phenoxy) is 1. The molecule has 0 aliphatic rings. The van der Waals surface area contributed by atoms with Crippen LogP contribution in [0.3, 0.4) is 0 Å². The summed E-state index contributed by atoms with van der Waals surface area (Å²) in [5.74, 6) is -1.37. The van der Waals surface area contributed by atoms with Gasteiger partial charge in [-0.25, -0.2) is 4.79 Å². The number of methoxy groups -OCH3 is 1. The molecule has 0 radical (unpaired) electrons. The van der Waals surface area contributed by atoms with Crippen LogP contribution in [0, 0.1) is 0 Å². The van der Waals surface area contributed by atoms with E-state index in [1.165, 1.54) is 23.9 Å². The Kier molecular flexibility index (Phi) is 4.31. The average molecular weight is 294 g/mol. The highest BCUT2D eigenvalue weighted by Gasteiger charge is 2.13. The molecule has 20 heavy (non-hydrogen) atoms. The fraction of sp³-hybridized carbons (Fsp3) is 0.182. The molecule has 1 aromatic carbocycles. The largest absolute Gasteiger partial charge is 0.478 e. The van der Waals surface area contributed by atoms with Crippen molar-refractivity contribution in [1.82, 2.24) is 20.2 Å². The summed E-state index contributed by atoms with van der Waals surface area (Å²) in [5.41, 5.74) is 0.629. The van der Waals surface area contributed by atoms with Crippen molar-refractivity contribution in [3.05, 3.63) is 29.8 Å². The number of carbonyl (C=O) groups is 2. The lowest BCUT2D eigenvalue weighted by molar-refractivity contribution is -0.137.